The third-order valence-corrected chi connectivity index (χ3v) is 1.34. The number of fused-ring (bicyclic) bond motifs is 1. The van der Waals surface area contributed by atoms with Crippen LogP contribution in [0.5, 0.6) is 0 Å². The number of hydrogen-bond donors (Lipinski definition) is 1. The Hall–Kier alpha value is -1.65. The fourth-order valence-corrected chi connectivity index (χ4v) is 0.892. The molecule has 0 radical (unpaired) electrons. The summed E-state index contributed by atoms with van der Waals surface area (Å²) in [5.74, 6) is 0.788. The van der Waals surface area contributed by atoms with E-state index < -0.39 is 0 Å². The lowest BCUT2D eigenvalue weighted by Crippen LogP contribution is -1.91. The molecular formula is C6H7N5. The topological polar surface area (TPSA) is 69.1 Å². The van der Waals surface area contributed by atoms with Crippen LogP contribution in [0.4, 0.5) is 5.95 Å². The van der Waals surface area contributed by atoms with E-state index in [9.17, 15) is 0 Å². The first kappa shape index (κ1) is 6.09. The summed E-state index contributed by atoms with van der Waals surface area (Å²) in [7, 11) is 0. The van der Waals surface area contributed by atoms with Crippen molar-refractivity contribution in [3.8, 4) is 0 Å². The van der Waals surface area contributed by atoms with Gasteiger partial charge in [0.25, 0.3) is 5.78 Å². The molecule has 2 heterocycles. The largest absolute Gasteiger partial charge is 0.366 e. The highest BCUT2D eigenvalue weighted by molar-refractivity contribution is 5.33. The second kappa shape index (κ2) is 1.91. The average molecular weight is 149 g/mol. The number of hydrogen-bond acceptors (Lipinski definition) is 4. The SMILES string of the molecule is Cc1cnc2nc(N)nn2c1. The Labute approximate surface area is 62.9 Å². The second-order valence-corrected chi connectivity index (χ2v) is 2.35. The number of nitrogen functional groups attached to an aromatic ring is 1. The number of nitrogens with zero attached hydrogens (tertiary/aromatic N) is 4. The normalized spacial score (nSPS) is 10.6. The predicted molar refractivity (Wildman–Crippen MR) is 39.9 cm³/mol. The monoisotopic (exact) mass is 149 g/mol. The summed E-state index contributed by atoms with van der Waals surface area (Å²) < 4.78 is 1.56. The molecule has 0 fully saturated rings. The molecular weight excluding hydrogens is 142 g/mol. The Bertz CT molecular complexity index is 391. The van der Waals surface area contributed by atoms with Gasteiger partial charge in [0.15, 0.2) is 0 Å². The van der Waals surface area contributed by atoms with Crippen LogP contribution in [0.2, 0.25) is 0 Å². The molecule has 5 nitrogen and oxygen atoms in total. The maximum Gasteiger partial charge on any atom is 0.253 e. The maximum atomic E-state index is 5.36. The van der Waals surface area contributed by atoms with E-state index in [1.165, 1.54) is 0 Å². The fraction of sp³-hybridized carbons (Fsp3) is 0.167. The van der Waals surface area contributed by atoms with Crippen LogP contribution >= 0.6 is 0 Å². The molecule has 56 valence electrons. The lowest BCUT2D eigenvalue weighted by molar-refractivity contribution is 0.932. The van der Waals surface area contributed by atoms with E-state index in [-0.39, 0.29) is 5.95 Å². The molecule has 0 bridgehead atoms. The van der Waals surface area contributed by atoms with Crippen LogP contribution < -0.4 is 5.73 Å². The van der Waals surface area contributed by atoms with Gasteiger partial charge in [-0.15, -0.1) is 5.10 Å². The van der Waals surface area contributed by atoms with Gasteiger partial charge < -0.3 is 5.73 Å². The van der Waals surface area contributed by atoms with Crippen molar-refractivity contribution in [3.05, 3.63) is 18.0 Å². The van der Waals surface area contributed by atoms with Gasteiger partial charge in [0.1, 0.15) is 0 Å². The van der Waals surface area contributed by atoms with Crippen LogP contribution in [-0.2, 0) is 0 Å². The van der Waals surface area contributed by atoms with Gasteiger partial charge in [0.05, 0.1) is 0 Å². The van der Waals surface area contributed by atoms with Crippen molar-refractivity contribution in [2.24, 2.45) is 0 Å². The number of nitrogens with two attached hydrogens (primary N) is 1. The maximum absolute atomic E-state index is 5.36. The zero-order valence-corrected chi connectivity index (χ0v) is 6.02. The van der Waals surface area contributed by atoms with E-state index in [2.05, 4.69) is 15.1 Å². The van der Waals surface area contributed by atoms with Gasteiger partial charge in [-0.3, -0.25) is 0 Å². The standard InChI is InChI=1S/C6H7N5/c1-4-2-8-6-9-5(7)10-11(6)3-4/h2-3H,1H3,(H2,7,10). The van der Waals surface area contributed by atoms with Crippen LogP contribution in [0.1, 0.15) is 5.56 Å². The second-order valence-electron chi connectivity index (χ2n) is 2.35. The zero-order chi connectivity index (χ0) is 7.84. The molecule has 0 amide bonds. The molecule has 0 spiro atoms. The van der Waals surface area contributed by atoms with Crippen LogP contribution in [0.3, 0.4) is 0 Å². The van der Waals surface area contributed by atoms with Crippen LogP contribution in [0, 0.1) is 6.92 Å². The van der Waals surface area contributed by atoms with Crippen molar-refractivity contribution in [1.82, 2.24) is 19.6 Å². The van der Waals surface area contributed by atoms with Gasteiger partial charge in [-0.05, 0) is 12.5 Å². The lowest BCUT2D eigenvalue weighted by atomic mass is 10.4. The van der Waals surface area contributed by atoms with E-state index in [0.717, 1.165) is 5.56 Å². The minimum atomic E-state index is 0.253. The number of aromatic nitrogens is 4. The van der Waals surface area contributed by atoms with Gasteiger partial charge in [-0.2, -0.15) is 4.98 Å². The minimum Gasteiger partial charge on any atom is -0.366 e. The molecule has 0 atom stereocenters. The molecule has 2 aromatic heterocycles. The molecule has 0 saturated carbocycles. The molecule has 0 aromatic carbocycles. The van der Waals surface area contributed by atoms with E-state index in [1.807, 2.05) is 13.1 Å². The molecule has 0 aliphatic heterocycles. The highest BCUT2D eigenvalue weighted by Gasteiger charge is 1.98. The average Bonchev–Trinajstić information content (AvgIpc) is 2.27. The third-order valence-electron chi connectivity index (χ3n) is 1.34. The molecule has 2 N–H and O–H groups in total. The zero-order valence-electron chi connectivity index (χ0n) is 6.02. The Morgan fingerprint density at radius 1 is 1.55 bits per heavy atom. The summed E-state index contributed by atoms with van der Waals surface area (Å²) in [4.78, 5) is 7.88. The molecule has 2 aromatic rings. The molecule has 11 heavy (non-hydrogen) atoms. The van der Waals surface area contributed by atoms with E-state index in [4.69, 9.17) is 5.73 Å². The van der Waals surface area contributed by atoms with Crippen molar-refractivity contribution in [1.29, 1.82) is 0 Å². The van der Waals surface area contributed by atoms with Gasteiger partial charge >= 0.3 is 0 Å². The quantitative estimate of drug-likeness (QED) is 0.573. The number of aryl methyl sites for hydroxylation is 1. The highest BCUT2D eigenvalue weighted by atomic mass is 15.3. The Balaban J connectivity index is 2.82. The summed E-state index contributed by atoms with van der Waals surface area (Å²) in [5.41, 5.74) is 6.39. The van der Waals surface area contributed by atoms with Crippen LogP contribution in [-0.4, -0.2) is 19.6 Å². The Morgan fingerprint density at radius 2 is 2.36 bits per heavy atom. The first-order valence-electron chi connectivity index (χ1n) is 3.20. The van der Waals surface area contributed by atoms with Crippen molar-refractivity contribution < 1.29 is 0 Å². The van der Waals surface area contributed by atoms with E-state index >= 15 is 0 Å². The minimum absolute atomic E-state index is 0.253. The molecule has 0 aliphatic rings. The lowest BCUT2D eigenvalue weighted by Gasteiger charge is -1.90. The van der Waals surface area contributed by atoms with Gasteiger partial charge in [-0.25, -0.2) is 9.50 Å². The summed E-state index contributed by atoms with van der Waals surface area (Å²) in [6.07, 6.45) is 3.55. The molecule has 0 saturated heterocycles. The van der Waals surface area contributed by atoms with Crippen molar-refractivity contribution in [2.75, 3.05) is 5.73 Å². The first-order valence-corrected chi connectivity index (χ1v) is 3.20. The van der Waals surface area contributed by atoms with Gasteiger partial charge in [0.2, 0.25) is 5.95 Å². The van der Waals surface area contributed by atoms with Crippen LogP contribution in [0.25, 0.3) is 5.78 Å². The van der Waals surface area contributed by atoms with Gasteiger partial charge in [0, 0.05) is 12.4 Å². The number of rotatable bonds is 0. The van der Waals surface area contributed by atoms with Crippen molar-refractivity contribution in [3.63, 3.8) is 0 Å². The summed E-state index contributed by atoms with van der Waals surface area (Å²) in [6.45, 7) is 1.93. The molecule has 2 rings (SSSR count). The summed E-state index contributed by atoms with van der Waals surface area (Å²) in [5, 5.41) is 3.89. The molecule has 0 aliphatic carbocycles. The van der Waals surface area contributed by atoms with Gasteiger partial charge in [-0.1, -0.05) is 0 Å². The Kier molecular flexibility index (Phi) is 1.06. The number of anilines is 1. The molecule has 0 unspecified atom stereocenters. The fourth-order valence-electron chi connectivity index (χ4n) is 0.892. The Morgan fingerprint density at radius 3 is 3.18 bits per heavy atom. The van der Waals surface area contributed by atoms with Crippen molar-refractivity contribution >= 4 is 11.7 Å². The smallest absolute Gasteiger partial charge is 0.253 e. The van der Waals surface area contributed by atoms with Crippen molar-refractivity contribution in [2.45, 2.75) is 6.92 Å². The van der Waals surface area contributed by atoms with E-state index in [1.54, 1.807) is 10.7 Å². The predicted octanol–water partition coefficient (Wildman–Crippen LogP) is 0.0149. The van der Waals surface area contributed by atoms with E-state index in [0.29, 0.717) is 5.78 Å². The first-order chi connectivity index (χ1) is 5.25. The third kappa shape index (κ3) is 0.899. The summed E-state index contributed by atoms with van der Waals surface area (Å²) in [6, 6.07) is 0. The molecule has 5 heteroatoms. The summed E-state index contributed by atoms with van der Waals surface area (Å²) >= 11 is 0. The van der Waals surface area contributed by atoms with Crippen LogP contribution in [0.15, 0.2) is 12.4 Å². The highest BCUT2D eigenvalue weighted by Crippen LogP contribution is 1.99.